The fourth-order valence-electron chi connectivity index (χ4n) is 2.64. The maximum absolute atomic E-state index is 11.2. The highest BCUT2D eigenvalue weighted by Crippen LogP contribution is 2.23. The van der Waals surface area contributed by atoms with E-state index in [4.69, 9.17) is 0 Å². The molecule has 1 fully saturated rings. The molecular formula is C16H24N2O2. The Hall–Kier alpha value is -1.55. The van der Waals surface area contributed by atoms with Crippen LogP contribution in [-0.2, 0) is 9.53 Å². The van der Waals surface area contributed by atoms with Gasteiger partial charge in [-0.25, -0.2) is 0 Å². The lowest BCUT2D eigenvalue weighted by molar-refractivity contribution is -0.141. The summed E-state index contributed by atoms with van der Waals surface area (Å²) in [6.07, 6.45) is 0.486. The number of anilines is 1. The van der Waals surface area contributed by atoms with E-state index in [2.05, 4.69) is 46.6 Å². The number of rotatable bonds is 4. The maximum Gasteiger partial charge on any atom is 0.306 e. The van der Waals surface area contributed by atoms with Crippen molar-refractivity contribution in [3.63, 3.8) is 0 Å². The number of hydrogen-bond donors (Lipinski definition) is 0. The highest BCUT2D eigenvalue weighted by molar-refractivity contribution is 5.69. The molecule has 0 radical (unpaired) electrons. The van der Waals surface area contributed by atoms with Crippen molar-refractivity contribution in [2.45, 2.75) is 20.3 Å². The second-order valence-electron chi connectivity index (χ2n) is 5.37. The number of benzene rings is 1. The Labute approximate surface area is 121 Å². The lowest BCUT2D eigenvalue weighted by Crippen LogP contribution is -2.47. The highest BCUT2D eigenvalue weighted by atomic mass is 16.5. The van der Waals surface area contributed by atoms with E-state index in [-0.39, 0.29) is 5.97 Å². The molecule has 0 aromatic heterocycles. The Kier molecular flexibility index (Phi) is 5.01. The number of esters is 1. The van der Waals surface area contributed by atoms with Crippen LogP contribution in [0.1, 0.15) is 17.5 Å². The molecule has 1 aromatic carbocycles. The van der Waals surface area contributed by atoms with Crippen LogP contribution in [0.15, 0.2) is 18.2 Å². The van der Waals surface area contributed by atoms with Gasteiger partial charge in [0.25, 0.3) is 0 Å². The third-order valence-electron chi connectivity index (χ3n) is 4.15. The first-order valence-corrected chi connectivity index (χ1v) is 7.22. The van der Waals surface area contributed by atoms with E-state index < -0.39 is 0 Å². The van der Waals surface area contributed by atoms with Crippen molar-refractivity contribution in [1.29, 1.82) is 0 Å². The van der Waals surface area contributed by atoms with Gasteiger partial charge in [0.15, 0.2) is 0 Å². The van der Waals surface area contributed by atoms with Crippen molar-refractivity contribution in [2.24, 2.45) is 0 Å². The molecule has 1 saturated heterocycles. The molecule has 1 heterocycles. The van der Waals surface area contributed by atoms with Crippen LogP contribution >= 0.6 is 0 Å². The summed E-state index contributed by atoms with van der Waals surface area (Å²) < 4.78 is 4.68. The number of hydrogen-bond acceptors (Lipinski definition) is 4. The third kappa shape index (κ3) is 3.51. The van der Waals surface area contributed by atoms with Crippen molar-refractivity contribution < 1.29 is 9.53 Å². The Morgan fingerprint density at radius 2 is 1.90 bits per heavy atom. The number of methoxy groups -OCH3 is 1. The summed E-state index contributed by atoms with van der Waals surface area (Å²) in [5.41, 5.74) is 4.06. The summed E-state index contributed by atoms with van der Waals surface area (Å²) in [6.45, 7) is 9.19. The first-order chi connectivity index (χ1) is 9.61. The zero-order valence-electron chi connectivity index (χ0n) is 12.7. The van der Waals surface area contributed by atoms with Gasteiger partial charge in [-0.15, -0.1) is 0 Å². The summed E-state index contributed by atoms with van der Waals surface area (Å²) in [5, 5.41) is 0. The van der Waals surface area contributed by atoms with E-state index in [0.29, 0.717) is 6.42 Å². The normalized spacial score (nSPS) is 16.2. The van der Waals surface area contributed by atoms with Gasteiger partial charge in [0.05, 0.1) is 13.5 Å². The molecule has 2 rings (SSSR count). The number of aryl methyl sites for hydroxylation is 1. The molecule has 110 valence electrons. The van der Waals surface area contributed by atoms with Crippen LogP contribution in [0.5, 0.6) is 0 Å². The Balaban J connectivity index is 1.88. The molecule has 0 aliphatic carbocycles. The topological polar surface area (TPSA) is 32.8 Å². The van der Waals surface area contributed by atoms with Crippen LogP contribution in [-0.4, -0.2) is 50.7 Å². The first-order valence-electron chi connectivity index (χ1n) is 7.22. The molecule has 0 amide bonds. The van der Waals surface area contributed by atoms with Crippen LogP contribution in [0, 0.1) is 13.8 Å². The molecule has 1 aliphatic rings. The van der Waals surface area contributed by atoms with Crippen molar-refractivity contribution in [2.75, 3.05) is 44.7 Å². The number of carbonyl (C=O) groups is 1. The van der Waals surface area contributed by atoms with Gasteiger partial charge in [0.2, 0.25) is 0 Å². The molecule has 0 N–H and O–H groups in total. The van der Waals surface area contributed by atoms with Crippen molar-refractivity contribution in [3.8, 4) is 0 Å². The lowest BCUT2D eigenvalue weighted by atomic mass is 10.1. The van der Waals surface area contributed by atoms with E-state index in [0.717, 1.165) is 32.7 Å². The molecule has 0 spiro atoms. The first kappa shape index (κ1) is 14.9. The van der Waals surface area contributed by atoms with Crippen molar-refractivity contribution in [3.05, 3.63) is 29.3 Å². The summed E-state index contributed by atoms with van der Waals surface area (Å²) in [5.74, 6) is -0.123. The summed E-state index contributed by atoms with van der Waals surface area (Å²) in [4.78, 5) is 15.9. The average molecular weight is 276 g/mol. The van der Waals surface area contributed by atoms with E-state index >= 15 is 0 Å². The van der Waals surface area contributed by atoms with Crippen molar-refractivity contribution >= 4 is 11.7 Å². The Morgan fingerprint density at radius 1 is 1.20 bits per heavy atom. The number of piperazine rings is 1. The van der Waals surface area contributed by atoms with Crippen LogP contribution in [0.4, 0.5) is 5.69 Å². The maximum atomic E-state index is 11.2. The van der Waals surface area contributed by atoms with Gasteiger partial charge < -0.3 is 9.64 Å². The predicted octanol–water partition coefficient (Wildman–Crippen LogP) is 1.99. The highest BCUT2D eigenvalue weighted by Gasteiger charge is 2.19. The molecule has 0 saturated carbocycles. The SMILES string of the molecule is COC(=O)CCN1CCN(c2cccc(C)c2C)CC1. The van der Waals surface area contributed by atoms with Crippen LogP contribution in [0.25, 0.3) is 0 Å². The second kappa shape index (κ2) is 6.75. The van der Waals surface area contributed by atoms with Gasteiger partial charge in [-0.2, -0.15) is 0 Å². The van der Waals surface area contributed by atoms with Gasteiger partial charge in [-0.3, -0.25) is 9.69 Å². The Morgan fingerprint density at radius 3 is 2.55 bits per heavy atom. The molecule has 4 nitrogen and oxygen atoms in total. The van der Waals surface area contributed by atoms with Gasteiger partial charge in [0.1, 0.15) is 0 Å². The minimum atomic E-state index is -0.123. The number of ether oxygens (including phenoxy) is 1. The molecular weight excluding hydrogens is 252 g/mol. The van der Waals surface area contributed by atoms with E-state index in [1.54, 1.807) is 0 Å². The summed E-state index contributed by atoms with van der Waals surface area (Å²) in [7, 11) is 1.45. The molecule has 0 bridgehead atoms. The summed E-state index contributed by atoms with van der Waals surface area (Å²) >= 11 is 0. The smallest absolute Gasteiger partial charge is 0.306 e. The standard InChI is InChI=1S/C16H24N2O2/c1-13-5-4-6-15(14(13)2)18-11-9-17(10-12-18)8-7-16(19)20-3/h4-6H,7-12H2,1-3H3. The lowest BCUT2D eigenvalue weighted by Gasteiger charge is -2.36. The molecule has 0 atom stereocenters. The van der Waals surface area contributed by atoms with Gasteiger partial charge in [0, 0.05) is 38.4 Å². The second-order valence-corrected chi connectivity index (χ2v) is 5.37. The zero-order valence-corrected chi connectivity index (χ0v) is 12.7. The minimum absolute atomic E-state index is 0.123. The molecule has 4 heteroatoms. The van der Waals surface area contributed by atoms with E-state index in [1.807, 2.05) is 0 Å². The number of nitrogens with zero attached hydrogens (tertiary/aromatic N) is 2. The van der Waals surface area contributed by atoms with Crippen LogP contribution in [0.3, 0.4) is 0 Å². The van der Waals surface area contributed by atoms with Crippen LogP contribution < -0.4 is 4.90 Å². The van der Waals surface area contributed by atoms with Gasteiger partial charge >= 0.3 is 5.97 Å². The summed E-state index contributed by atoms with van der Waals surface area (Å²) in [6, 6.07) is 6.49. The van der Waals surface area contributed by atoms with Crippen LogP contribution in [0.2, 0.25) is 0 Å². The van der Waals surface area contributed by atoms with E-state index in [1.165, 1.54) is 23.9 Å². The monoisotopic (exact) mass is 276 g/mol. The molecule has 1 aliphatic heterocycles. The Bertz CT molecular complexity index is 466. The largest absolute Gasteiger partial charge is 0.469 e. The van der Waals surface area contributed by atoms with Gasteiger partial charge in [-0.1, -0.05) is 12.1 Å². The number of carbonyl (C=O) groups excluding carboxylic acids is 1. The van der Waals surface area contributed by atoms with Gasteiger partial charge in [-0.05, 0) is 31.0 Å². The fraction of sp³-hybridized carbons (Fsp3) is 0.562. The van der Waals surface area contributed by atoms with E-state index in [9.17, 15) is 4.79 Å². The van der Waals surface area contributed by atoms with Crippen molar-refractivity contribution in [1.82, 2.24) is 4.90 Å². The average Bonchev–Trinajstić information content (AvgIpc) is 2.48. The fourth-order valence-corrected chi connectivity index (χ4v) is 2.64. The minimum Gasteiger partial charge on any atom is -0.469 e. The predicted molar refractivity (Wildman–Crippen MR) is 81.2 cm³/mol. The quantitative estimate of drug-likeness (QED) is 0.787. The third-order valence-corrected chi connectivity index (χ3v) is 4.15. The zero-order chi connectivity index (χ0) is 14.5. The molecule has 20 heavy (non-hydrogen) atoms. The molecule has 1 aromatic rings. The molecule has 0 unspecified atom stereocenters.